The van der Waals surface area contributed by atoms with Gasteiger partial charge in [-0.3, -0.25) is 0 Å². The number of phenols is 1. The highest BCUT2D eigenvalue weighted by Crippen LogP contribution is 2.15. The molecule has 1 unspecified atom stereocenters. The van der Waals surface area contributed by atoms with E-state index in [0.29, 0.717) is 11.8 Å². The van der Waals surface area contributed by atoms with Crippen LogP contribution in [0.4, 0.5) is 0 Å². The summed E-state index contributed by atoms with van der Waals surface area (Å²) in [5.74, 6) is 0.326. The molecule has 0 spiro atoms. The molecule has 1 atom stereocenters. The molecule has 112 valence electrons. The lowest BCUT2D eigenvalue weighted by molar-refractivity contribution is 0.475. The van der Waals surface area contributed by atoms with Gasteiger partial charge >= 0.3 is 0 Å². The van der Waals surface area contributed by atoms with Crippen molar-refractivity contribution in [3.05, 3.63) is 65.2 Å². The molecule has 0 aliphatic rings. The van der Waals surface area contributed by atoms with E-state index in [2.05, 4.69) is 43.4 Å². The number of nitrogens with one attached hydrogen (secondary N) is 1. The maximum atomic E-state index is 9.26. The highest BCUT2D eigenvalue weighted by atomic mass is 16.3. The fraction of sp³-hybridized carbons (Fsp3) is 0.368. The van der Waals surface area contributed by atoms with E-state index in [4.69, 9.17) is 0 Å². The Morgan fingerprint density at radius 1 is 0.905 bits per heavy atom. The number of hydrogen-bond acceptors (Lipinski definition) is 2. The summed E-state index contributed by atoms with van der Waals surface area (Å²) in [6.45, 7) is 5.34. The van der Waals surface area contributed by atoms with Crippen molar-refractivity contribution < 1.29 is 5.11 Å². The molecule has 2 heteroatoms. The molecule has 0 aromatic heterocycles. The summed E-state index contributed by atoms with van der Waals surface area (Å²) in [5.41, 5.74) is 3.99. The standard InChI is InChI=1S/C19H25NO/c1-3-4-16-5-9-18(10-6-16)15(2)20-14-13-17-7-11-19(21)12-8-17/h5-12,15,20-21H,3-4,13-14H2,1-2H3. The first kappa shape index (κ1) is 15.6. The molecular weight excluding hydrogens is 258 g/mol. The van der Waals surface area contributed by atoms with Crippen LogP contribution >= 0.6 is 0 Å². The van der Waals surface area contributed by atoms with Crippen molar-refractivity contribution in [1.82, 2.24) is 5.32 Å². The number of rotatable bonds is 7. The van der Waals surface area contributed by atoms with E-state index in [1.165, 1.54) is 23.1 Å². The van der Waals surface area contributed by atoms with Crippen LogP contribution < -0.4 is 5.32 Å². The van der Waals surface area contributed by atoms with Crippen LogP contribution in [-0.4, -0.2) is 11.7 Å². The summed E-state index contributed by atoms with van der Waals surface area (Å²) in [6, 6.07) is 16.7. The van der Waals surface area contributed by atoms with E-state index in [-0.39, 0.29) is 0 Å². The first-order valence-electron chi connectivity index (χ1n) is 7.79. The van der Waals surface area contributed by atoms with Crippen molar-refractivity contribution in [3.8, 4) is 5.75 Å². The summed E-state index contributed by atoms with van der Waals surface area (Å²) in [5, 5.41) is 12.8. The predicted molar refractivity (Wildman–Crippen MR) is 88.7 cm³/mol. The molecule has 0 aliphatic carbocycles. The van der Waals surface area contributed by atoms with Gasteiger partial charge in [0.25, 0.3) is 0 Å². The molecule has 0 bridgehead atoms. The number of aryl methyl sites for hydroxylation is 1. The second kappa shape index (κ2) is 7.84. The minimum atomic E-state index is 0.326. The minimum Gasteiger partial charge on any atom is -0.508 e. The van der Waals surface area contributed by atoms with Gasteiger partial charge in [-0.1, -0.05) is 49.7 Å². The lowest BCUT2D eigenvalue weighted by Crippen LogP contribution is -2.21. The lowest BCUT2D eigenvalue weighted by Gasteiger charge is -2.15. The minimum absolute atomic E-state index is 0.326. The largest absolute Gasteiger partial charge is 0.508 e. The number of hydrogen-bond donors (Lipinski definition) is 2. The molecule has 0 radical (unpaired) electrons. The van der Waals surface area contributed by atoms with Crippen molar-refractivity contribution in [3.63, 3.8) is 0 Å². The van der Waals surface area contributed by atoms with Gasteiger partial charge in [0.1, 0.15) is 5.75 Å². The third-order valence-electron chi connectivity index (χ3n) is 3.82. The van der Waals surface area contributed by atoms with Crippen molar-refractivity contribution >= 4 is 0 Å². The first-order chi connectivity index (χ1) is 10.2. The Kier molecular flexibility index (Phi) is 5.82. The normalized spacial score (nSPS) is 12.3. The van der Waals surface area contributed by atoms with Gasteiger partial charge in [-0.05, 0) is 55.1 Å². The summed E-state index contributed by atoms with van der Waals surface area (Å²) in [6.07, 6.45) is 3.32. The third-order valence-corrected chi connectivity index (χ3v) is 3.82. The number of benzene rings is 2. The van der Waals surface area contributed by atoms with E-state index in [1.807, 2.05) is 12.1 Å². The molecule has 2 aromatic carbocycles. The lowest BCUT2D eigenvalue weighted by atomic mass is 10.0. The highest BCUT2D eigenvalue weighted by Gasteiger charge is 2.04. The average molecular weight is 283 g/mol. The van der Waals surface area contributed by atoms with Crippen molar-refractivity contribution in [2.75, 3.05) is 6.54 Å². The topological polar surface area (TPSA) is 32.3 Å². The fourth-order valence-corrected chi connectivity index (χ4v) is 2.48. The van der Waals surface area contributed by atoms with Crippen LogP contribution in [0.15, 0.2) is 48.5 Å². The monoisotopic (exact) mass is 283 g/mol. The van der Waals surface area contributed by atoms with Crippen LogP contribution in [0.2, 0.25) is 0 Å². The van der Waals surface area contributed by atoms with E-state index < -0.39 is 0 Å². The Labute approximate surface area is 127 Å². The maximum absolute atomic E-state index is 9.26. The third kappa shape index (κ3) is 4.91. The molecule has 0 fully saturated rings. The highest BCUT2D eigenvalue weighted by molar-refractivity contribution is 5.26. The van der Waals surface area contributed by atoms with Gasteiger partial charge in [0.05, 0.1) is 0 Å². The van der Waals surface area contributed by atoms with E-state index >= 15 is 0 Å². The zero-order valence-electron chi connectivity index (χ0n) is 13.0. The van der Waals surface area contributed by atoms with Crippen molar-refractivity contribution in [1.29, 1.82) is 0 Å². The van der Waals surface area contributed by atoms with Gasteiger partial charge in [0.15, 0.2) is 0 Å². The van der Waals surface area contributed by atoms with E-state index in [0.717, 1.165) is 19.4 Å². The van der Waals surface area contributed by atoms with Gasteiger partial charge in [-0.25, -0.2) is 0 Å². The van der Waals surface area contributed by atoms with Gasteiger partial charge < -0.3 is 10.4 Å². The molecule has 0 saturated carbocycles. The average Bonchev–Trinajstić information content (AvgIpc) is 2.50. The molecule has 0 heterocycles. The molecule has 0 aliphatic heterocycles. The van der Waals surface area contributed by atoms with Crippen LogP contribution in [0.25, 0.3) is 0 Å². The van der Waals surface area contributed by atoms with E-state index in [1.54, 1.807) is 12.1 Å². The van der Waals surface area contributed by atoms with Gasteiger partial charge in [0.2, 0.25) is 0 Å². The smallest absolute Gasteiger partial charge is 0.115 e. The van der Waals surface area contributed by atoms with Gasteiger partial charge in [-0.15, -0.1) is 0 Å². The molecule has 2 nitrogen and oxygen atoms in total. The van der Waals surface area contributed by atoms with Gasteiger partial charge in [-0.2, -0.15) is 0 Å². The molecule has 2 N–H and O–H groups in total. The van der Waals surface area contributed by atoms with Crippen LogP contribution in [0.3, 0.4) is 0 Å². The van der Waals surface area contributed by atoms with Crippen molar-refractivity contribution in [2.45, 2.75) is 39.2 Å². The van der Waals surface area contributed by atoms with Crippen LogP contribution in [-0.2, 0) is 12.8 Å². The molecular formula is C19H25NO. The zero-order chi connectivity index (χ0) is 15.1. The summed E-state index contributed by atoms with van der Waals surface area (Å²) < 4.78 is 0. The summed E-state index contributed by atoms with van der Waals surface area (Å²) >= 11 is 0. The Hall–Kier alpha value is -1.80. The maximum Gasteiger partial charge on any atom is 0.115 e. The van der Waals surface area contributed by atoms with Crippen LogP contribution in [0.1, 0.15) is 43.0 Å². The zero-order valence-corrected chi connectivity index (χ0v) is 13.0. The fourth-order valence-electron chi connectivity index (χ4n) is 2.48. The number of aromatic hydroxyl groups is 1. The van der Waals surface area contributed by atoms with Crippen LogP contribution in [0, 0.1) is 0 Å². The quantitative estimate of drug-likeness (QED) is 0.796. The van der Waals surface area contributed by atoms with Gasteiger partial charge in [0, 0.05) is 6.04 Å². The Balaban J connectivity index is 1.81. The Morgan fingerprint density at radius 2 is 1.48 bits per heavy atom. The second-order valence-corrected chi connectivity index (χ2v) is 5.58. The summed E-state index contributed by atoms with van der Waals surface area (Å²) in [4.78, 5) is 0. The number of phenolic OH excluding ortho intramolecular Hbond substituents is 1. The predicted octanol–water partition coefficient (Wildman–Crippen LogP) is 4.24. The molecule has 2 aromatic rings. The summed E-state index contributed by atoms with van der Waals surface area (Å²) in [7, 11) is 0. The SMILES string of the molecule is CCCc1ccc(C(C)NCCc2ccc(O)cc2)cc1. The molecule has 0 amide bonds. The first-order valence-corrected chi connectivity index (χ1v) is 7.79. The van der Waals surface area contributed by atoms with E-state index in [9.17, 15) is 5.11 Å². The van der Waals surface area contributed by atoms with Crippen LogP contribution in [0.5, 0.6) is 5.75 Å². The Bertz CT molecular complexity index is 530. The molecule has 0 saturated heterocycles. The molecule has 2 rings (SSSR count). The second-order valence-electron chi connectivity index (χ2n) is 5.58. The Morgan fingerprint density at radius 3 is 2.10 bits per heavy atom. The van der Waals surface area contributed by atoms with Crippen molar-refractivity contribution in [2.24, 2.45) is 0 Å². The molecule has 21 heavy (non-hydrogen) atoms.